The van der Waals surface area contributed by atoms with Gasteiger partial charge in [0.2, 0.25) is 5.88 Å². The molecular weight excluding hydrogens is 182 g/mol. The molecule has 5 nitrogen and oxygen atoms in total. The Balaban J connectivity index is 2.93. The summed E-state index contributed by atoms with van der Waals surface area (Å²) in [5.74, 6) is 1.27. The zero-order valence-electron chi connectivity index (χ0n) is 8.69. The van der Waals surface area contributed by atoms with E-state index in [0.717, 1.165) is 22.9 Å². The Morgan fingerprint density at radius 3 is 2.79 bits per heavy atom. The molecule has 0 saturated carbocycles. The molecule has 0 bridgehead atoms. The van der Waals surface area contributed by atoms with Gasteiger partial charge in [-0.25, -0.2) is 4.98 Å². The summed E-state index contributed by atoms with van der Waals surface area (Å²) in [6, 6.07) is 0. The van der Waals surface area contributed by atoms with Crippen LogP contribution in [0.15, 0.2) is 6.20 Å². The zero-order valence-corrected chi connectivity index (χ0v) is 8.69. The Labute approximate surface area is 83.3 Å². The number of ether oxygens (including phenoxy) is 1. The highest BCUT2D eigenvalue weighted by molar-refractivity contribution is 5.23. The SMILES string of the molecule is CCc1ncc(CN(C)O)c(OC)n1. The van der Waals surface area contributed by atoms with Crippen molar-refractivity contribution in [1.82, 2.24) is 15.0 Å². The van der Waals surface area contributed by atoms with Crippen LogP contribution in [0, 0.1) is 0 Å². The molecule has 1 rings (SSSR count). The first-order chi connectivity index (χ1) is 6.67. The highest BCUT2D eigenvalue weighted by Crippen LogP contribution is 2.15. The Morgan fingerprint density at radius 1 is 1.57 bits per heavy atom. The summed E-state index contributed by atoms with van der Waals surface area (Å²) in [5, 5.41) is 10.1. The van der Waals surface area contributed by atoms with E-state index in [-0.39, 0.29) is 0 Å². The molecular formula is C9H15N3O2. The van der Waals surface area contributed by atoms with Gasteiger partial charge in [-0.15, -0.1) is 0 Å². The number of hydroxylamine groups is 2. The summed E-state index contributed by atoms with van der Waals surface area (Å²) in [6.07, 6.45) is 2.45. The Bertz CT molecular complexity index is 302. The molecule has 5 heteroatoms. The van der Waals surface area contributed by atoms with Crippen molar-refractivity contribution < 1.29 is 9.94 Å². The topological polar surface area (TPSA) is 58.5 Å². The lowest BCUT2D eigenvalue weighted by molar-refractivity contribution is -0.0737. The first-order valence-electron chi connectivity index (χ1n) is 4.46. The summed E-state index contributed by atoms with van der Waals surface area (Å²) in [5.41, 5.74) is 0.773. The molecule has 78 valence electrons. The van der Waals surface area contributed by atoms with Crippen LogP contribution in [0.3, 0.4) is 0 Å². The van der Waals surface area contributed by atoms with E-state index in [1.807, 2.05) is 6.92 Å². The first-order valence-corrected chi connectivity index (χ1v) is 4.46. The van der Waals surface area contributed by atoms with Crippen molar-refractivity contribution >= 4 is 0 Å². The molecule has 0 saturated heterocycles. The van der Waals surface area contributed by atoms with Crippen molar-refractivity contribution in [2.45, 2.75) is 19.9 Å². The first kappa shape index (κ1) is 10.9. The van der Waals surface area contributed by atoms with Crippen LogP contribution in [0.5, 0.6) is 5.88 Å². The van der Waals surface area contributed by atoms with Crippen LogP contribution >= 0.6 is 0 Å². The van der Waals surface area contributed by atoms with Crippen LogP contribution in [-0.4, -0.2) is 34.4 Å². The van der Waals surface area contributed by atoms with Gasteiger partial charge in [0.25, 0.3) is 0 Å². The van der Waals surface area contributed by atoms with E-state index in [1.165, 1.54) is 0 Å². The van der Waals surface area contributed by atoms with Crippen molar-refractivity contribution in [1.29, 1.82) is 0 Å². The van der Waals surface area contributed by atoms with Gasteiger partial charge in [-0.3, -0.25) is 0 Å². The van der Waals surface area contributed by atoms with Gasteiger partial charge in [0.1, 0.15) is 5.82 Å². The number of aromatic nitrogens is 2. The predicted molar refractivity (Wildman–Crippen MR) is 51.2 cm³/mol. The number of nitrogens with zero attached hydrogens (tertiary/aromatic N) is 3. The molecule has 0 atom stereocenters. The maximum atomic E-state index is 9.07. The Kier molecular flexibility index (Phi) is 3.79. The average molecular weight is 197 g/mol. The standard InChI is InChI=1S/C9H15N3O2/c1-4-8-10-5-7(6-12(2)13)9(11-8)14-3/h5,13H,4,6H2,1-3H3. The van der Waals surface area contributed by atoms with E-state index in [4.69, 9.17) is 9.94 Å². The van der Waals surface area contributed by atoms with Crippen molar-refractivity contribution in [3.63, 3.8) is 0 Å². The van der Waals surface area contributed by atoms with Gasteiger partial charge in [-0.2, -0.15) is 10.0 Å². The van der Waals surface area contributed by atoms with Crippen LogP contribution < -0.4 is 4.74 Å². The minimum absolute atomic E-state index is 0.354. The van der Waals surface area contributed by atoms with Gasteiger partial charge < -0.3 is 9.94 Å². The Morgan fingerprint density at radius 2 is 2.29 bits per heavy atom. The number of rotatable bonds is 4. The summed E-state index contributed by atoms with van der Waals surface area (Å²) >= 11 is 0. The number of aryl methyl sites for hydroxylation is 1. The fraction of sp³-hybridized carbons (Fsp3) is 0.556. The maximum absolute atomic E-state index is 9.07. The molecule has 0 amide bonds. The Hall–Kier alpha value is -1.20. The van der Waals surface area contributed by atoms with Gasteiger partial charge >= 0.3 is 0 Å². The summed E-state index contributed by atoms with van der Waals surface area (Å²) in [7, 11) is 3.12. The molecule has 0 fully saturated rings. The monoisotopic (exact) mass is 197 g/mol. The van der Waals surface area contributed by atoms with Crippen molar-refractivity contribution in [3.8, 4) is 5.88 Å². The van der Waals surface area contributed by atoms with Crippen molar-refractivity contribution in [2.24, 2.45) is 0 Å². The van der Waals surface area contributed by atoms with Gasteiger partial charge in [-0.05, 0) is 0 Å². The summed E-state index contributed by atoms with van der Waals surface area (Å²) in [6.45, 7) is 2.33. The molecule has 0 aliphatic carbocycles. The molecule has 0 aromatic carbocycles. The largest absolute Gasteiger partial charge is 0.481 e. The third kappa shape index (κ3) is 2.65. The van der Waals surface area contributed by atoms with E-state index in [9.17, 15) is 0 Å². The number of methoxy groups -OCH3 is 1. The van der Waals surface area contributed by atoms with Crippen LogP contribution in [0.4, 0.5) is 0 Å². The second-order valence-corrected chi connectivity index (χ2v) is 2.99. The molecule has 14 heavy (non-hydrogen) atoms. The molecule has 1 N–H and O–H groups in total. The fourth-order valence-electron chi connectivity index (χ4n) is 1.13. The quantitative estimate of drug-likeness (QED) is 0.726. The molecule has 1 aromatic heterocycles. The van der Waals surface area contributed by atoms with E-state index < -0.39 is 0 Å². The van der Waals surface area contributed by atoms with Crippen molar-refractivity contribution in [2.75, 3.05) is 14.2 Å². The summed E-state index contributed by atoms with van der Waals surface area (Å²) < 4.78 is 5.10. The van der Waals surface area contributed by atoms with Crippen LogP contribution in [-0.2, 0) is 13.0 Å². The second kappa shape index (κ2) is 4.88. The van der Waals surface area contributed by atoms with Gasteiger partial charge in [0.15, 0.2) is 0 Å². The molecule has 1 heterocycles. The van der Waals surface area contributed by atoms with E-state index in [1.54, 1.807) is 20.4 Å². The normalized spacial score (nSPS) is 10.6. The third-order valence-corrected chi connectivity index (χ3v) is 1.78. The molecule has 0 radical (unpaired) electrons. The predicted octanol–water partition coefficient (Wildman–Crippen LogP) is 0.869. The van der Waals surface area contributed by atoms with Crippen molar-refractivity contribution in [3.05, 3.63) is 17.6 Å². The van der Waals surface area contributed by atoms with Gasteiger partial charge in [0, 0.05) is 25.2 Å². The molecule has 0 spiro atoms. The lowest BCUT2D eigenvalue weighted by Crippen LogP contribution is -2.13. The second-order valence-electron chi connectivity index (χ2n) is 2.99. The van der Waals surface area contributed by atoms with Crippen LogP contribution in [0.1, 0.15) is 18.3 Å². The lowest BCUT2D eigenvalue weighted by atomic mass is 10.3. The molecule has 0 aliphatic rings. The average Bonchev–Trinajstić information content (AvgIpc) is 2.17. The van der Waals surface area contributed by atoms with Gasteiger partial charge in [0.05, 0.1) is 13.7 Å². The maximum Gasteiger partial charge on any atom is 0.221 e. The van der Waals surface area contributed by atoms with E-state index >= 15 is 0 Å². The lowest BCUT2D eigenvalue weighted by Gasteiger charge is -2.11. The molecule has 1 aromatic rings. The zero-order chi connectivity index (χ0) is 10.6. The smallest absolute Gasteiger partial charge is 0.221 e. The van der Waals surface area contributed by atoms with Crippen LogP contribution in [0.2, 0.25) is 0 Å². The highest BCUT2D eigenvalue weighted by Gasteiger charge is 2.07. The number of hydrogen-bond acceptors (Lipinski definition) is 5. The minimum Gasteiger partial charge on any atom is -0.481 e. The fourth-order valence-corrected chi connectivity index (χ4v) is 1.13. The third-order valence-electron chi connectivity index (χ3n) is 1.78. The summed E-state index contributed by atoms with van der Waals surface area (Å²) in [4.78, 5) is 8.32. The van der Waals surface area contributed by atoms with E-state index in [2.05, 4.69) is 9.97 Å². The van der Waals surface area contributed by atoms with Crippen LogP contribution in [0.25, 0.3) is 0 Å². The molecule has 0 unspecified atom stereocenters. The molecule has 0 aliphatic heterocycles. The highest BCUT2D eigenvalue weighted by atomic mass is 16.5. The van der Waals surface area contributed by atoms with Gasteiger partial charge in [-0.1, -0.05) is 6.92 Å². The number of hydrogen-bond donors (Lipinski definition) is 1. The van der Waals surface area contributed by atoms with E-state index in [0.29, 0.717) is 12.4 Å². The minimum atomic E-state index is 0.354.